The molecule has 0 aliphatic rings. The summed E-state index contributed by atoms with van der Waals surface area (Å²) in [7, 11) is -8.82. The number of nitro benzene ring substituents is 1. The summed E-state index contributed by atoms with van der Waals surface area (Å²) in [5, 5.41) is 101. The smallest absolute Gasteiger partial charge is 0.294 e. The van der Waals surface area contributed by atoms with E-state index in [4.69, 9.17) is 14.7 Å². The van der Waals surface area contributed by atoms with E-state index in [9.17, 15) is 51.9 Å². The van der Waals surface area contributed by atoms with E-state index in [0.717, 1.165) is 42.5 Å². The zero-order valence-corrected chi connectivity index (χ0v) is 32.0. The minimum absolute atomic E-state index is 0.0557. The average molecular weight is 898 g/mol. The van der Waals surface area contributed by atoms with Gasteiger partial charge in [-0.1, -0.05) is 10.1 Å². The highest BCUT2D eigenvalue weighted by Gasteiger charge is 2.23. The fourth-order valence-corrected chi connectivity index (χ4v) is 7.13. The van der Waals surface area contributed by atoms with Gasteiger partial charge < -0.3 is 20.4 Å². The number of hydrogen-bond acceptors (Lipinski definition) is 25. The molecule has 0 unspecified atom stereocenters. The Morgan fingerprint density at radius 3 is 2.00 bits per heavy atom. The van der Waals surface area contributed by atoms with Gasteiger partial charge in [-0.2, -0.15) is 13.5 Å². The molecule has 0 atom stereocenters. The van der Waals surface area contributed by atoms with E-state index in [-0.39, 0.29) is 62.9 Å². The van der Waals surface area contributed by atoms with Crippen molar-refractivity contribution in [1.82, 2.24) is 0 Å². The van der Waals surface area contributed by atoms with Gasteiger partial charge in [0.1, 0.15) is 28.6 Å². The molecule has 0 heterocycles. The first-order valence-corrected chi connectivity index (χ1v) is 19.9. The molecule has 7 N–H and O–H groups in total. The predicted molar refractivity (Wildman–Crippen MR) is 200 cm³/mol. The number of azo groups is 3. The van der Waals surface area contributed by atoms with E-state index in [0.29, 0.717) is 0 Å². The van der Waals surface area contributed by atoms with Crippen molar-refractivity contribution >= 4 is 94.9 Å². The first-order valence-electron chi connectivity index (χ1n) is 15.4. The van der Waals surface area contributed by atoms with E-state index in [2.05, 4.69) is 49.4 Å². The molecule has 59 heavy (non-hydrogen) atoms. The molecule has 5 aromatic rings. The second kappa shape index (κ2) is 19.2. The van der Waals surface area contributed by atoms with Gasteiger partial charge in [0.25, 0.3) is 15.8 Å². The van der Waals surface area contributed by atoms with Crippen molar-refractivity contribution < 1.29 is 80.2 Å². The van der Waals surface area contributed by atoms with Crippen LogP contribution in [0, 0.1) is 10.1 Å². The maximum absolute atomic E-state index is 12.6. The van der Waals surface area contributed by atoms with Crippen LogP contribution >= 0.6 is 24.4 Å². The van der Waals surface area contributed by atoms with Crippen molar-refractivity contribution in [2.24, 2.45) is 30.7 Å². The number of aromatic hydroxyl groups is 4. The zero-order chi connectivity index (χ0) is 42.9. The van der Waals surface area contributed by atoms with E-state index in [1.165, 1.54) is 30.3 Å². The fourth-order valence-electron chi connectivity index (χ4n) is 4.69. The molecule has 0 amide bonds. The SMILES string of the molecule is O=[N+]([O-])c1ccc(N=Nc2c(O)ccc(N=Nc3cc(S(=O)(=O)O)cc4cc(SOOO)c(N=Nc5ccc(S(=O)(=O)CCOSOOO)cc5)c(O)c34)c2O)c(O)c1. The van der Waals surface area contributed by atoms with Gasteiger partial charge in [0.15, 0.2) is 39.3 Å². The molecule has 0 fully saturated rings. The molecular weight excluding hydrogens is 875 g/mol. The van der Waals surface area contributed by atoms with Crippen molar-refractivity contribution in [3.63, 3.8) is 0 Å². The van der Waals surface area contributed by atoms with Gasteiger partial charge in [-0.15, -0.1) is 34.2 Å². The average Bonchev–Trinajstić information content (AvgIpc) is 3.19. The molecule has 0 spiro atoms. The standard InChI is InChI=1S/C30H23N7O18S4/c38-23-8-7-21(29(40)27(23)35-32-20-6-3-17(37(42)43)13-24(20)39)33-34-22-14-19(59(48,49)50)11-15-12-25(56-54-52-44)28(30(41)26(15)22)36-31-16-1-4-18(5-2-16)58(46,47)10-9-51-57-55-53-45/h1-8,11-14,38-41,44-45H,9-10H2,(H,48,49,50). The summed E-state index contributed by atoms with van der Waals surface area (Å²) >= 11 is 0.473. The lowest BCUT2D eigenvalue weighted by molar-refractivity contribution is -0.434. The minimum Gasteiger partial charge on any atom is -0.505 e. The monoisotopic (exact) mass is 897 g/mol. The molecule has 310 valence electrons. The summed E-state index contributed by atoms with van der Waals surface area (Å²) in [5.41, 5.74) is -2.56. The van der Waals surface area contributed by atoms with Crippen molar-refractivity contribution in [1.29, 1.82) is 0 Å². The van der Waals surface area contributed by atoms with Gasteiger partial charge in [-0.25, -0.2) is 18.9 Å². The van der Waals surface area contributed by atoms with Crippen molar-refractivity contribution in [2.75, 3.05) is 12.4 Å². The van der Waals surface area contributed by atoms with Crippen molar-refractivity contribution in [3.8, 4) is 23.0 Å². The van der Waals surface area contributed by atoms with Crippen molar-refractivity contribution in [3.05, 3.63) is 82.9 Å². The van der Waals surface area contributed by atoms with Gasteiger partial charge in [-0.05, 0) is 66.0 Å². The molecule has 0 radical (unpaired) electrons. The highest BCUT2D eigenvalue weighted by Crippen LogP contribution is 2.49. The number of fused-ring (bicyclic) bond motifs is 1. The first kappa shape index (κ1) is 44.1. The van der Waals surface area contributed by atoms with Crippen LogP contribution in [0.1, 0.15) is 0 Å². The Morgan fingerprint density at radius 2 is 1.34 bits per heavy atom. The Labute approximate surface area is 337 Å². The van der Waals surface area contributed by atoms with Crippen LogP contribution in [0.2, 0.25) is 0 Å². The molecule has 0 bridgehead atoms. The lowest BCUT2D eigenvalue weighted by atomic mass is 10.1. The second-order valence-corrected chi connectivity index (χ2v) is 15.8. The Bertz CT molecular complexity index is 2700. The molecule has 0 saturated carbocycles. The highest BCUT2D eigenvalue weighted by molar-refractivity contribution is 7.94. The number of rotatable bonds is 18. The Hall–Kier alpha value is -5.96. The molecule has 0 aromatic heterocycles. The van der Waals surface area contributed by atoms with Crippen LogP contribution in [0.15, 0.2) is 118 Å². The summed E-state index contributed by atoms with van der Waals surface area (Å²) in [6.07, 6.45) is 0. The Morgan fingerprint density at radius 1 is 0.678 bits per heavy atom. The van der Waals surface area contributed by atoms with Crippen LogP contribution < -0.4 is 0 Å². The summed E-state index contributed by atoms with van der Waals surface area (Å²) in [6.45, 7) is -0.339. The maximum atomic E-state index is 12.6. The van der Waals surface area contributed by atoms with Crippen LogP contribution in [-0.4, -0.2) is 69.6 Å². The third-order valence-corrected chi connectivity index (χ3v) is 10.9. The lowest BCUT2D eigenvalue weighted by Crippen LogP contribution is -2.10. The summed E-state index contributed by atoms with van der Waals surface area (Å²) < 4.78 is 72.9. The molecule has 0 saturated heterocycles. The molecule has 5 rings (SSSR count). The molecular formula is C30H23N7O18S4. The van der Waals surface area contributed by atoms with Crippen LogP contribution in [0.3, 0.4) is 0 Å². The van der Waals surface area contributed by atoms with Gasteiger partial charge in [0, 0.05) is 6.07 Å². The van der Waals surface area contributed by atoms with E-state index >= 15 is 0 Å². The third-order valence-electron chi connectivity index (χ3n) is 7.36. The molecule has 0 aliphatic heterocycles. The van der Waals surface area contributed by atoms with Crippen LogP contribution in [0.25, 0.3) is 10.8 Å². The second-order valence-electron chi connectivity index (χ2n) is 11.0. The van der Waals surface area contributed by atoms with Gasteiger partial charge in [-0.3, -0.25) is 18.9 Å². The number of sulfone groups is 1. The number of nitrogens with zero attached hydrogens (tertiary/aromatic N) is 7. The predicted octanol–water partition coefficient (Wildman–Crippen LogP) is 8.27. The largest absolute Gasteiger partial charge is 0.505 e. The first-order chi connectivity index (χ1) is 28.0. The number of benzene rings is 5. The van der Waals surface area contributed by atoms with E-state index < -0.39 is 87.0 Å². The number of hydrogen-bond donors (Lipinski definition) is 7. The quantitative estimate of drug-likeness (QED) is 0.00827. The summed E-state index contributed by atoms with van der Waals surface area (Å²) in [4.78, 5) is 9.16. The summed E-state index contributed by atoms with van der Waals surface area (Å²) in [5.74, 6) is -3.38. The van der Waals surface area contributed by atoms with Gasteiger partial charge in [0.05, 0.1) is 66.8 Å². The van der Waals surface area contributed by atoms with Crippen LogP contribution in [0.5, 0.6) is 23.0 Å². The maximum Gasteiger partial charge on any atom is 0.294 e. The number of nitro groups is 1. The van der Waals surface area contributed by atoms with Gasteiger partial charge in [0.2, 0.25) is 0 Å². The van der Waals surface area contributed by atoms with Crippen LogP contribution in [0.4, 0.5) is 39.8 Å². The van der Waals surface area contributed by atoms with E-state index in [1.807, 2.05) is 0 Å². The number of non-ortho nitro benzene ring substituents is 1. The fraction of sp³-hybridized carbons (Fsp3) is 0.0667. The van der Waals surface area contributed by atoms with E-state index in [1.54, 1.807) is 0 Å². The van der Waals surface area contributed by atoms with Crippen molar-refractivity contribution in [2.45, 2.75) is 14.7 Å². The normalized spacial score (nSPS) is 12.4. The topological polar surface area (TPSA) is 373 Å². The molecule has 5 aromatic carbocycles. The zero-order valence-electron chi connectivity index (χ0n) is 28.7. The number of phenolic OH excluding ortho intramolecular Hbond substituents is 4. The van der Waals surface area contributed by atoms with Crippen LogP contribution in [-0.2, 0) is 42.9 Å². The third kappa shape index (κ3) is 11.0. The Kier molecular flexibility index (Phi) is 14.4. The number of phenols is 4. The van der Waals surface area contributed by atoms with Gasteiger partial charge >= 0.3 is 0 Å². The Balaban J connectivity index is 1.54. The molecule has 0 aliphatic carbocycles. The molecule has 25 nitrogen and oxygen atoms in total. The lowest BCUT2D eigenvalue weighted by Gasteiger charge is -2.12. The molecule has 29 heteroatoms. The highest BCUT2D eigenvalue weighted by atomic mass is 32.2. The minimum atomic E-state index is -4.95. The summed E-state index contributed by atoms with van der Waals surface area (Å²) in [6, 6.07) is 12.7.